The van der Waals surface area contributed by atoms with E-state index in [1.54, 1.807) is 22.7 Å². The first-order valence-electron chi connectivity index (χ1n) is 4.21. The lowest BCUT2D eigenvalue weighted by atomic mass is 10.2. The van der Waals surface area contributed by atoms with Crippen LogP contribution >= 0.6 is 66.1 Å². The SMILES string of the molecule is Cc1cc(C(Br)c2csc(Br)c2)sc1Cl. The van der Waals surface area contributed by atoms with Crippen LogP contribution < -0.4 is 0 Å². The molecular weight excluding hydrogens is 380 g/mol. The fourth-order valence-electron chi connectivity index (χ4n) is 1.23. The average molecular weight is 387 g/mol. The highest BCUT2D eigenvalue weighted by Crippen LogP contribution is 2.40. The molecule has 0 aromatic carbocycles. The van der Waals surface area contributed by atoms with Gasteiger partial charge in [0.15, 0.2) is 0 Å². The monoisotopic (exact) mass is 384 g/mol. The van der Waals surface area contributed by atoms with Crippen LogP contribution in [0.5, 0.6) is 0 Å². The fourth-order valence-corrected chi connectivity index (χ4v) is 4.51. The Balaban J connectivity index is 2.31. The van der Waals surface area contributed by atoms with Crippen molar-refractivity contribution < 1.29 is 0 Å². The molecule has 0 nitrogen and oxygen atoms in total. The molecule has 2 heterocycles. The second-order valence-corrected chi connectivity index (χ2v) is 8.04. The standard InChI is InChI=1S/C10H7Br2ClS2/c1-5-2-7(15-10(5)13)9(12)6-3-8(11)14-4-6/h2-4,9H,1H3. The molecule has 2 aromatic heterocycles. The van der Waals surface area contributed by atoms with Crippen molar-refractivity contribution in [3.05, 3.63) is 41.6 Å². The molecule has 0 aliphatic heterocycles. The predicted octanol–water partition coefficient (Wildman–Crippen LogP) is 6.02. The smallest absolute Gasteiger partial charge is 0.0960 e. The Bertz CT molecular complexity index is 456. The van der Waals surface area contributed by atoms with Gasteiger partial charge in [0.2, 0.25) is 0 Å². The molecular formula is C10H7Br2ClS2. The van der Waals surface area contributed by atoms with Crippen LogP contribution in [0.25, 0.3) is 0 Å². The lowest BCUT2D eigenvalue weighted by molar-refractivity contribution is 1.24. The van der Waals surface area contributed by atoms with Gasteiger partial charge in [0.25, 0.3) is 0 Å². The van der Waals surface area contributed by atoms with Gasteiger partial charge >= 0.3 is 0 Å². The Kier molecular flexibility index (Phi) is 3.94. The average Bonchev–Trinajstić information content (AvgIpc) is 2.74. The van der Waals surface area contributed by atoms with Crippen LogP contribution in [0.3, 0.4) is 0 Å². The maximum absolute atomic E-state index is 6.06. The van der Waals surface area contributed by atoms with Crippen LogP contribution in [0.15, 0.2) is 21.3 Å². The molecule has 0 saturated heterocycles. The summed E-state index contributed by atoms with van der Waals surface area (Å²) in [5.41, 5.74) is 2.42. The number of alkyl halides is 1. The van der Waals surface area contributed by atoms with E-state index in [0.29, 0.717) is 0 Å². The molecule has 0 N–H and O–H groups in total. The van der Waals surface area contributed by atoms with E-state index in [9.17, 15) is 0 Å². The lowest BCUT2D eigenvalue weighted by Gasteiger charge is -2.03. The maximum Gasteiger partial charge on any atom is 0.0960 e. The largest absolute Gasteiger partial charge is 0.136 e. The van der Waals surface area contributed by atoms with E-state index in [0.717, 1.165) is 13.7 Å². The topological polar surface area (TPSA) is 0 Å². The summed E-state index contributed by atoms with van der Waals surface area (Å²) in [6, 6.07) is 4.27. The summed E-state index contributed by atoms with van der Waals surface area (Å²) in [5, 5.41) is 2.15. The van der Waals surface area contributed by atoms with E-state index < -0.39 is 0 Å². The van der Waals surface area contributed by atoms with Crippen molar-refractivity contribution in [2.45, 2.75) is 11.8 Å². The Labute approximate surface area is 119 Å². The van der Waals surface area contributed by atoms with E-state index in [1.807, 2.05) is 6.92 Å². The summed E-state index contributed by atoms with van der Waals surface area (Å²) in [7, 11) is 0. The normalized spacial score (nSPS) is 13.1. The number of hydrogen-bond donors (Lipinski definition) is 0. The molecule has 80 valence electrons. The van der Waals surface area contributed by atoms with E-state index in [2.05, 4.69) is 49.4 Å². The van der Waals surface area contributed by atoms with Crippen LogP contribution in [-0.2, 0) is 0 Å². The van der Waals surface area contributed by atoms with Crippen molar-refractivity contribution in [1.29, 1.82) is 0 Å². The molecule has 2 rings (SSSR count). The lowest BCUT2D eigenvalue weighted by Crippen LogP contribution is -1.85. The minimum atomic E-state index is 0.247. The molecule has 2 aromatic rings. The third kappa shape index (κ3) is 2.67. The summed E-state index contributed by atoms with van der Waals surface area (Å²) in [4.78, 5) is 1.50. The molecule has 0 radical (unpaired) electrons. The number of rotatable bonds is 2. The van der Waals surface area contributed by atoms with Gasteiger partial charge in [-0.3, -0.25) is 0 Å². The van der Waals surface area contributed by atoms with Gasteiger partial charge in [-0.05, 0) is 51.5 Å². The summed E-state index contributed by atoms with van der Waals surface area (Å²) >= 11 is 16.5. The fraction of sp³-hybridized carbons (Fsp3) is 0.200. The van der Waals surface area contributed by atoms with Crippen molar-refractivity contribution in [3.63, 3.8) is 0 Å². The van der Waals surface area contributed by atoms with Crippen LogP contribution in [0.4, 0.5) is 0 Å². The van der Waals surface area contributed by atoms with Crippen molar-refractivity contribution in [1.82, 2.24) is 0 Å². The Morgan fingerprint density at radius 3 is 2.60 bits per heavy atom. The van der Waals surface area contributed by atoms with Gasteiger partial charge in [-0.2, -0.15) is 0 Å². The minimum absolute atomic E-state index is 0.247. The first-order valence-corrected chi connectivity index (χ1v) is 8.00. The third-order valence-corrected chi connectivity index (χ3v) is 6.47. The second-order valence-electron chi connectivity index (χ2n) is 3.15. The predicted molar refractivity (Wildman–Crippen MR) is 76.9 cm³/mol. The van der Waals surface area contributed by atoms with E-state index >= 15 is 0 Å². The number of thiophene rings is 2. The highest BCUT2D eigenvalue weighted by Gasteiger charge is 2.15. The van der Waals surface area contributed by atoms with Crippen molar-refractivity contribution in [2.75, 3.05) is 0 Å². The Morgan fingerprint density at radius 2 is 2.13 bits per heavy atom. The quantitative estimate of drug-likeness (QED) is 0.554. The van der Waals surface area contributed by atoms with Crippen LogP contribution in [-0.4, -0.2) is 0 Å². The molecule has 0 amide bonds. The number of halogens is 3. The van der Waals surface area contributed by atoms with E-state index in [-0.39, 0.29) is 4.83 Å². The zero-order valence-electron chi connectivity index (χ0n) is 7.76. The molecule has 0 aliphatic rings. The summed E-state index contributed by atoms with van der Waals surface area (Å²) < 4.78 is 2.03. The van der Waals surface area contributed by atoms with Crippen LogP contribution in [0, 0.1) is 6.92 Å². The first kappa shape index (κ1) is 12.1. The number of hydrogen-bond acceptors (Lipinski definition) is 2. The molecule has 0 saturated carbocycles. The van der Waals surface area contributed by atoms with Gasteiger partial charge in [0.05, 0.1) is 12.9 Å². The van der Waals surface area contributed by atoms with Gasteiger partial charge in [-0.25, -0.2) is 0 Å². The molecule has 15 heavy (non-hydrogen) atoms. The van der Waals surface area contributed by atoms with Gasteiger partial charge in [-0.1, -0.05) is 27.5 Å². The second kappa shape index (κ2) is 4.88. The highest BCUT2D eigenvalue weighted by atomic mass is 79.9. The molecule has 0 fully saturated rings. The molecule has 0 spiro atoms. The molecule has 0 bridgehead atoms. The maximum atomic E-state index is 6.06. The molecule has 5 heteroatoms. The zero-order chi connectivity index (χ0) is 11.0. The molecule has 0 aliphatic carbocycles. The summed E-state index contributed by atoms with van der Waals surface area (Å²) in [5.74, 6) is 0. The summed E-state index contributed by atoms with van der Waals surface area (Å²) in [6.45, 7) is 2.03. The van der Waals surface area contributed by atoms with Gasteiger partial charge < -0.3 is 0 Å². The zero-order valence-corrected chi connectivity index (χ0v) is 13.3. The van der Waals surface area contributed by atoms with E-state index in [1.165, 1.54) is 10.4 Å². The molecule has 1 atom stereocenters. The first-order chi connectivity index (χ1) is 7.08. The Morgan fingerprint density at radius 1 is 1.40 bits per heavy atom. The molecule has 1 unspecified atom stereocenters. The van der Waals surface area contributed by atoms with Gasteiger partial charge in [0, 0.05) is 4.88 Å². The Hall–Kier alpha value is 0.650. The van der Waals surface area contributed by atoms with Crippen molar-refractivity contribution in [3.8, 4) is 0 Å². The van der Waals surface area contributed by atoms with Crippen molar-refractivity contribution >= 4 is 66.1 Å². The van der Waals surface area contributed by atoms with Crippen LogP contribution in [0.2, 0.25) is 4.34 Å². The highest BCUT2D eigenvalue weighted by molar-refractivity contribution is 9.11. The van der Waals surface area contributed by atoms with E-state index in [4.69, 9.17) is 11.6 Å². The minimum Gasteiger partial charge on any atom is -0.136 e. The number of aryl methyl sites for hydroxylation is 1. The third-order valence-electron chi connectivity index (χ3n) is 2.01. The van der Waals surface area contributed by atoms with Gasteiger partial charge in [0.1, 0.15) is 0 Å². The van der Waals surface area contributed by atoms with Gasteiger partial charge in [-0.15, -0.1) is 22.7 Å². The van der Waals surface area contributed by atoms with Crippen molar-refractivity contribution in [2.24, 2.45) is 0 Å². The summed E-state index contributed by atoms with van der Waals surface area (Å²) in [6.07, 6.45) is 0. The van der Waals surface area contributed by atoms with Crippen LogP contribution in [0.1, 0.15) is 20.8 Å².